The van der Waals surface area contributed by atoms with Crippen molar-refractivity contribution in [3.63, 3.8) is 0 Å². The summed E-state index contributed by atoms with van der Waals surface area (Å²) in [6.45, 7) is 34.1. The summed E-state index contributed by atoms with van der Waals surface area (Å²) in [6.07, 6.45) is 11.2. The van der Waals surface area contributed by atoms with E-state index in [1.807, 2.05) is 55.4 Å². The van der Waals surface area contributed by atoms with Crippen LogP contribution in [0.25, 0.3) is 0 Å². The number of nitrogens with two attached hydrogens (primary N) is 1. The highest BCUT2D eigenvalue weighted by Crippen LogP contribution is 2.33. The van der Waals surface area contributed by atoms with Crippen molar-refractivity contribution in [3.05, 3.63) is 12.3 Å². The Kier molecular flexibility index (Phi) is 21.1. The van der Waals surface area contributed by atoms with E-state index < -0.39 is 11.6 Å². The molecule has 0 aromatic carbocycles. The van der Waals surface area contributed by atoms with Crippen LogP contribution in [0.1, 0.15) is 187 Å². The highest BCUT2D eigenvalue weighted by atomic mass is 16.7. The van der Waals surface area contributed by atoms with Crippen molar-refractivity contribution < 1.29 is 47.9 Å². The average Bonchev–Trinajstić information content (AvgIpc) is 3.03. The molecule has 0 spiro atoms. The van der Waals surface area contributed by atoms with Crippen LogP contribution in [0.5, 0.6) is 0 Å². The molecule has 5 aliphatic rings. The Hall–Kier alpha value is -1.60. The third-order valence-electron chi connectivity index (χ3n) is 11.2. The third kappa shape index (κ3) is 19.1. The lowest BCUT2D eigenvalue weighted by Crippen LogP contribution is -2.45. The van der Waals surface area contributed by atoms with Gasteiger partial charge in [-0.25, -0.2) is 0 Å². The van der Waals surface area contributed by atoms with Gasteiger partial charge in [0.05, 0.1) is 65.6 Å². The molecule has 0 aromatic rings. The zero-order valence-electron chi connectivity index (χ0n) is 37.6. The van der Waals surface area contributed by atoms with E-state index in [0.717, 1.165) is 63.5 Å². The molecule has 0 radical (unpaired) electrons. The van der Waals surface area contributed by atoms with E-state index in [9.17, 15) is 14.7 Å². The van der Waals surface area contributed by atoms with Crippen LogP contribution in [-0.2, 0) is 42.7 Å². The first-order valence-electron chi connectivity index (χ1n) is 21.2. The molecule has 55 heavy (non-hydrogen) atoms. The van der Waals surface area contributed by atoms with Crippen LogP contribution in [0, 0.1) is 0 Å². The maximum atomic E-state index is 11.2. The van der Waals surface area contributed by atoms with Crippen LogP contribution in [0.3, 0.4) is 0 Å². The number of carbonyl (C=O) groups excluding carboxylic acids is 2. The number of ether oxygens (including phenoxy) is 7. The molecule has 12 atom stereocenters. The Bertz CT molecular complexity index is 1040. The highest BCUT2D eigenvalue weighted by molar-refractivity contribution is 5.80. The second kappa shape index (κ2) is 22.5. The van der Waals surface area contributed by atoms with Gasteiger partial charge in [0.1, 0.15) is 5.78 Å². The lowest BCUT2D eigenvalue weighted by molar-refractivity contribution is -0.263. The Morgan fingerprint density at radius 1 is 0.600 bits per heavy atom. The summed E-state index contributed by atoms with van der Waals surface area (Å²) in [7, 11) is 0. The summed E-state index contributed by atoms with van der Waals surface area (Å²) in [5.74, 6) is -0.0990. The van der Waals surface area contributed by atoms with Gasteiger partial charge in [0.25, 0.3) is 0 Å². The number of hydrogen-bond acceptors (Lipinski definition) is 11. The van der Waals surface area contributed by atoms with Crippen LogP contribution in [-0.4, -0.2) is 87.9 Å². The number of esters is 1. The normalized spacial score (nSPS) is 41.5. The lowest BCUT2D eigenvalue weighted by atomic mass is 9.88. The fraction of sp³-hybridized carbons (Fsp3) is 0.909. The third-order valence-corrected chi connectivity index (χ3v) is 11.2. The van der Waals surface area contributed by atoms with Crippen LogP contribution in [0.4, 0.5) is 0 Å². The Labute approximate surface area is 335 Å². The van der Waals surface area contributed by atoms with Crippen molar-refractivity contribution in [2.24, 2.45) is 5.73 Å². The predicted molar refractivity (Wildman–Crippen MR) is 218 cm³/mol. The van der Waals surface area contributed by atoms with Crippen molar-refractivity contribution in [2.45, 2.75) is 258 Å². The smallest absolute Gasteiger partial charge is 0.310 e. The van der Waals surface area contributed by atoms with Gasteiger partial charge in [-0.15, -0.1) is 0 Å². The van der Waals surface area contributed by atoms with Gasteiger partial charge in [0, 0.05) is 58.4 Å². The Morgan fingerprint density at radius 2 is 1.04 bits per heavy atom. The van der Waals surface area contributed by atoms with Crippen LogP contribution < -0.4 is 5.73 Å². The van der Waals surface area contributed by atoms with Crippen LogP contribution in [0.2, 0.25) is 0 Å². The highest BCUT2D eigenvalue weighted by Gasteiger charge is 2.37. The van der Waals surface area contributed by atoms with Gasteiger partial charge in [-0.05, 0) is 93.9 Å². The summed E-state index contributed by atoms with van der Waals surface area (Å²) >= 11 is 0. The standard InChI is InChI=1S/C9H19NO.C9H16O2.C9H18O2.C9H16O2.C8H14O3/c1-4-9(3)6-8(10)5-7(2)11-9;1-5-9(4)10-7(2)6-8(3)11-9;2*1-4-9(3)6-8(10)5-7(2)11-9;1-4-8(3)10-6(2)5-7(9)11-8/h7-8H,4-6,10H2,1-3H3;8H,2,5-6H2,1,3-4H3;7-8,10H,4-6H2,1-3H3;7H,4-6H2,1-3H3;6H,4-5H2,1-3H3. The topological polar surface area (TPSA) is 145 Å². The molecule has 0 aliphatic carbocycles. The van der Waals surface area contributed by atoms with Crippen molar-refractivity contribution in [3.8, 4) is 0 Å². The molecular weight excluding hydrogens is 702 g/mol. The molecule has 0 amide bonds. The number of cyclic esters (lactones) is 1. The molecule has 3 N–H and O–H groups in total. The second-order valence-corrected chi connectivity index (χ2v) is 17.8. The Morgan fingerprint density at radius 3 is 1.45 bits per heavy atom. The summed E-state index contributed by atoms with van der Waals surface area (Å²) in [4.78, 5) is 22.1. The van der Waals surface area contributed by atoms with Crippen molar-refractivity contribution in [1.82, 2.24) is 0 Å². The monoisotopic (exact) mass is 786 g/mol. The number of aliphatic hydroxyl groups is 1. The molecule has 0 bridgehead atoms. The van der Waals surface area contributed by atoms with E-state index >= 15 is 0 Å². The fourth-order valence-corrected chi connectivity index (χ4v) is 7.71. The number of ketones is 1. The first-order chi connectivity index (χ1) is 25.3. The lowest BCUT2D eigenvalue weighted by Gasteiger charge is -2.40. The molecule has 0 aromatic heterocycles. The molecule has 0 saturated carbocycles. The minimum atomic E-state index is -0.686. The fourth-order valence-electron chi connectivity index (χ4n) is 7.71. The average molecular weight is 786 g/mol. The van der Waals surface area contributed by atoms with Gasteiger partial charge in [-0.1, -0.05) is 41.2 Å². The van der Waals surface area contributed by atoms with Gasteiger partial charge in [-0.3, -0.25) is 9.59 Å². The van der Waals surface area contributed by atoms with Gasteiger partial charge in [0.2, 0.25) is 11.6 Å². The quantitative estimate of drug-likeness (QED) is 0.257. The van der Waals surface area contributed by atoms with E-state index in [1.165, 1.54) is 0 Å². The van der Waals surface area contributed by atoms with Gasteiger partial charge in [0.15, 0.2) is 0 Å². The zero-order chi connectivity index (χ0) is 42.4. The number of carbonyl (C=O) groups is 2. The van der Waals surface area contributed by atoms with Gasteiger partial charge in [-0.2, -0.15) is 0 Å². The molecule has 5 aliphatic heterocycles. The van der Waals surface area contributed by atoms with Gasteiger partial charge >= 0.3 is 5.97 Å². The van der Waals surface area contributed by atoms with E-state index in [0.29, 0.717) is 43.6 Å². The minimum absolute atomic E-state index is 0.0128. The molecule has 12 unspecified atom stereocenters. The largest absolute Gasteiger partial charge is 0.468 e. The molecular formula is C44H83NO10. The van der Waals surface area contributed by atoms with Crippen molar-refractivity contribution in [1.29, 1.82) is 0 Å². The first kappa shape index (κ1) is 51.4. The number of rotatable bonds is 5. The predicted octanol–water partition coefficient (Wildman–Crippen LogP) is 9.24. The molecule has 11 heteroatoms. The molecule has 5 rings (SSSR count). The minimum Gasteiger partial charge on any atom is -0.468 e. The van der Waals surface area contributed by atoms with Crippen molar-refractivity contribution in [2.75, 3.05) is 0 Å². The van der Waals surface area contributed by atoms with Gasteiger partial charge < -0.3 is 44.0 Å². The molecule has 5 fully saturated rings. The molecule has 5 heterocycles. The second-order valence-electron chi connectivity index (χ2n) is 17.8. The maximum absolute atomic E-state index is 11.2. The summed E-state index contributed by atoms with van der Waals surface area (Å²) < 4.78 is 38.8. The Balaban J connectivity index is 0.000000344. The maximum Gasteiger partial charge on any atom is 0.310 e. The molecule has 11 nitrogen and oxygen atoms in total. The van der Waals surface area contributed by atoms with E-state index in [-0.39, 0.29) is 53.3 Å². The first-order valence-corrected chi connectivity index (χ1v) is 21.2. The SMILES string of the molecule is C=C1CC(C)OC(C)(CC)O1.CCC1(C)CC(=O)CC(C)O1.CCC1(C)CC(N)CC(C)O1.CCC1(C)CC(O)CC(C)O1.CCC1(C)OC(=O)CC(C)O1. The van der Waals surface area contributed by atoms with Crippen LogP contribution in [0.15, 0.2) is 12.3 Å². The van der Waals surface area contributed by atoms with E-state index in [2.05, 4.69) is 48.1 Å². The summed E-state index contributed by atoms with van der Waals surface area (Å²) in [5.41, 5.74) is 5.66. The van der Waals surface area contributed by atoms with E-state index in [4.69, 9.17) is 38.9 Å². The summed E-state index contributed by atoms with van der Waals surface area (Å²) in [6, 6.07) is 0.337. The van der Waals surface area contributed by atoms with E-state index in [1.54, 1.807) is 6.92 Å². The molecule has 324 valence electrons. The number of Topliss-reactive ketones (excluding diaryl/α,β-unsaturated/α-hetero) is 1. The summed E-state index contributed by atoms with van der Waals surface area (Å²) in [5, 5.41) is 9.47. The zero-order valence-corrected chi connectivity index (χ0v) is 37.6. The van der Waals surface area contributed by atoms with Crippen LogP contribution >= 0.6 is 0 Å². The molecule has 5 saturated heterocycles. The number of hydrogen-bond donors (Lipinski definition) is 2. The van der Waals surface area contributed by atoms with Crippen molar-refractivity contribution >= 4 is 11.8 Å². The number of aliphatic hydroxyl groups excluding tert-OH is 1.